The van der Waals surface area contributed by atoms with Crippen molar-refractivity contribution in [3.63, 3.8) is 0 Å². The van der Waals surface area contributed by atoms with Gasteiger partial charge in [0.2, 0.25) is 0 Å². The summed E-state index contributed by atoms with van der Waals surface area (Å²) in [5.41, 5.74) is 2.44. The van der Waals surface area contributed by atoms with E-state index in [1.807, 2.05) is 40.1 Å². The van der Waals surface area contributed by atoms with Crippen molar-refractivity contribution in [3.8, 4) is 0 Å². The van der Waals surface area contributed by atoms with Crippen LogP contribution in [0.2, 0.25) is 0 Å². The highest BCUT2D eigenvalue weighted by Crippen LogP contribution is 2.11. The Balaban J connectivity index is 1.59. The van der Waals surface area contributed by atoms with Gasteiger partial charge in [0.05, 0.1) is 13.1 Å². The van der Waals surface area contributed by atoms with E-state index in [1.165, 1.54) is 11.1 Å². The van der Waals surface area contributed by atoms with Gasteiger partial charge in [0.15, 0.2) is 5.96 Å². The SMILES string of the molecule is CCNC(=NCc1ccccc1Cn1cccn1)NCC(C)Cn1cccn1. The fraction of sp³-hybridized carbons (Fsp3) is 0.381. The monoisotopic (exact) mass is 379 g/mol. The Bertz CT molecular complexity index is 838. The van der Waals surface area contributed by atoms with Crippen LogP contribution >= 0.6 is 0 Å². The second-order valence-corrected chi connectivity index (χ2v) is 6.88. The van der Waals surface area contributed by atoms with E-state index < -0.39 is 0 Å². The summed E-state index contributed by atoms with van der Waals surface area (Å²) in [5, 5.41) is 15.4. The first kappa shape index (κ1) is 19.7. The molecular formula is C21H29N7. The van der Waals surface area contributed by atoms with E-state index in [0.717, 1.165) is 32.1 Å². The molecule has 0 radical (unpaired) electrons. The molecule has 0 spiro atoms. The Kier molecular flexibility index (Phi) is 7.23. The quantitative estimate of drug-likeness (QED) is 0.443. The minimum Gasteiger partial charge on any atom is -0.357 e. The van der Waals surface area contributed by atoms with Gasteiger partial charge in [0.1, 0.15) is 0 Å². The third kappa shape index (κ3) is 5.97. The minimum atomic E-state index is 0.441. The number of hydrogen-bond acceptors (Lipinski definition) is 3. The Morgan fingerprint density at radius 1 is 1.00 bits per heavy atom. The second kappa shape index (κ2) is 10.3. The molecular weight excluding hydrogens is 350 g/mol. The third-order valence-corrected chi connectivity index (χ3v) is 4.44. The Hall–Kier alpha value is -3.09. The number of benzene rings is 1. The maximum absolute atomic E-state index is 4.78. The lowest BCUT2D eigenvalue weighted by Gasteiger charge is -2.16. The van der Waals surface area contributed by atoms with Crippen LogP contribution < -0.4 is 10.6 Å². The number of rotatable bonds is 9. The van der Waals surface area contributed by atoms with Gasteiger partial charge in [0, 0.05) is 44.4 Å². The number of hydrogen-bond donors (Lipinski definition) is 2. The summed E-state index contributed by atoms with van der Waals surface area (Å²) in [6.07, 6.45) is 7.59. The normalized spacial score (nSPS) is 12.7. The van der Waals surface area contributed by atoms with Gasteiger partial charge in [-0.2, -0.15) is 10.2 Å². The molecule has 0 amide bonds. The topological polar surface area (TPSA) is 72.1 Å². The summed E-state index contributed by atoms with van der Waals surface area (Å²) in [6, 6.07) is 12.3. The van der Waals surface area contributed by atoms with E-state index in [9.17, 15) is 0 Å². The molecule has 0 fully saturated rings. The molecule has 0 bridgehead atoms. The number of nitrogens with zero attached hydrogens (tertiary/aromatic N) is 5. The molecule has 7 nitrogen and oxygen atoms in total. The second-order valence-electron chi connectivity index (χ2n) is 6.88. The number of aromatic nitrogens is 4. The number of nitrogens with one attached hydrogen (secondary N) is 2. The molecule has 0 aliphatic carbocycles. The predicted octanol–water partition coefficient (Wildman–Crippen LogP) is 2.52. The van der Waals surface area contributed by atoms with Crippen molar-refractivity contribution in [1.29, 1.82) is 0 Å². The van der Waals surface area contributed by atoms with E-state index in [-0.39, 0.29) is 0 Å². The number of aliphatic imine (C=N–C) groups is 1. The molecule has 0 aliphatic heterocycles. The van der Waals surface area contributed by atoms with Gasteiger partial charge >= 0.3 is 0 Å². The first-order valence-electron chi connectivity index (χ1n) is 9.78. The summed E-state index contributed by atoms with van der Waals surface area (Å²) in [5.74, 6) is 1.28. The van der Waals surface area contributed by atoms with Gasteiger partial charge in [-0.1, -0.05) is 31.2 Å². The van der Waals surface area contributed by atoms with E-state index in [4.69, 9.17) is 4.99 Å². The largest absolute Gasteiger partial charge is 0.357 e. The van der Waals surface area contributed by atoms with Crippen molar-refractivity contribution in [1.82, 2.24) is 30.2 Å². The summed E-state index contributed by atoms with van der Waals surface area (Å²) < 4.78 is 3.89. The van der Waals surface area contributed by atoms with Crippen LogP contribution in [0.25, 0.3) is 0 Å². The van der Waals surface area contributed by atoms with Gasteiger partial charge in [0.25, 0.3) is 0 Å². The van der Waals surface area contributed by atoms with Gasteiger partial charge in [-0.05, 0) is 36.1 Å². The minimum absolute atomic E-state index is 0.441. The van der Waals surface area contributed by atoms with Crippen molar-refractivity contribution in [2.45, 2.75) is 33.5 Å². The van der Waals surface area contributed by atoms with Crippen LogP contribution in [-0.2, 0) is 19.6 Å². The summed E-state index contributed by atoms with van der Waals surface area (Å²) in [7, 11) is 0. The number of guanidine groups is 1. The van der Waals surface area contributed by atoms with Crippen LogP contribution in [0.5, 0.6) is 0 Å². The first-order chi connectivity index (χ1) is 13.7. The molecule has 1 aromatic carbocycles. The maximum atomic E-state index is 4.78. The molecule has 0 saturated carbocycles. The van der Waals surface area contributed by atoms with Gasteiger partial charge in [-0.15, -0.1) is 0 Å². The van der Waals surface area contributed by atoms with Crippen LogP contribution in [0.1, 0.15) is 25.0 Å². The highest BCUT2D eigenvalue weighted by Gasteiger charge is 2.07. The standard InChI is InChI=1S/C21H29N7/c1-3-22-21(23-14-18(2)16-27-12-6-10-25-27)24-15-19-8-4-5-9-20(19)17-28-13-7-11-26-28/h4-13,18H,3,14-17H2,1-2H3,(H2,22,23,24). The molecule has 2 aromatic heterocycles. The zero-order chi connectivity index (χ0) is 19.6. The van der Waals surface area contributed by atoms with Gasteiger partial charge < -0.3 is 10.6 Å². The highest BCUT2D eigenvalue weighted by molar-refractivity contribution is 5.79. The van der Waals surface area contributed by atoms with Crippen molar-refractivity contribution in [2.24, 2.45) is 10.9 Å². The molecule has 1 unspecified atom stereocenters. The molecule has 148 valence electrons. The summed E-state index contributed by atoms with van der Waals surface area (Å²) in [6.45, 7) is 8.21. The zero-order valence-electron chi connectivity index (χ0n) is 16.6. The molecule has 0 aliphatic rings. The lowest BCUT2D eigenvalue weighted by atomic mass is 10.1. The van der Waals surface area contributed by atoms with E-state index in [0.29, 0.717) is 12.5 Å². The maximum Gasteiger partial charge on any atom is 0.191 e. The molecule has 1 atom stereocenters. The van der Waals surface area contributed by atoms with Crippen LogP contribution in [0.15, 0.2) is 66.2 Å². The van der Waals surface area contributed by atoms with Crippen molar-refractivity contribution in [2.75, 3.05) is 13.1 Å². The van der Waals surface area contributed by atoms with Gasteiger partial charge in [-0.25, -0.2) is 4.99 Å². The van der Waals surface area contributed by atoms with Crippen LogP contribution in [0, 0.1) is 5.92 Å². The highest BCUT2D eigenvalue weighted by atomic mass is 15.3. The van der Waals surface area contributed by atoms with Crippen LogP contribution in [-0.4, -0.2) is 38.6 Å². The Labute approximate surface area is 166 Å². The molecule has 2 heterocycles. The average molecular weight is 380 g/mol. The fourth-order valence-corrected chi connectivity index (χ4v) is 3.00. The molecule has 2 N–H and O–H groups in total. The first-order valence-corrected chi connectivity index (χ1v) is 9.78. The van der Waals surface area contributed by atoms with Crippen LogP contribution in [0.4, 0.5) is 0 Å². The lowest BCUT2D eigenvalue weighted by molar-refractivity contribution is 0.443. The third-order valence-electron chi connectivity index (χ3n) is 4.44. The smallest absolute Gasteiger partial charge is 0.191 e. The van der Waals surface area contributed by atoms with Crippen molar-refractivity contribution < 1.29 is 0 Å². The van der Waals surface area contributed by atoms with E-state index in [1.54, 1.807) is 6.20 Å². The fourth-order valence-electron chi connectivity index (χ4n) is 3.00. The van der Waals surface area contributed by atoms with E-state index in [2.05, 4.69) is 58.9 Å². The van der Waals surface area contributed by atoms with E-state index >= 15 is 0 Å². The Morgan fingerprint density at radius 3 is 2.39 bits per heavy atom. The van der Waals surface area contributed by atoms with Crippen LogP contribution in [0.3, 0.4) is 0 Å². The summed E-state index contributed by atoms with van der Waals surface area (Å²) >= 11 is 0. The molecule has 0 saturated heterocycles. The van der Waals surface area contributed by atoms with Gasteiger partial charge in [-0.3, -0.25) is 9.36 Å². The molecule has 7 heteroatoms. The average Bonchev–Trinajstić information content (AvgIpc) is 3.39. The molecule has 3 rings (SSSR count). The predicted molar refractivity (Wildman–Crippen MR) is 112 cm³/mol. The summed E-state index contributed by atoms with van der Waals surface area (Å²) in [4.78, 5) is 4.78. The Morgan fingerprint density at radius 2 is 1.71 bits per heavy atom. The van der Waals surface area contributed by atoms with Crippen molar-refractivity contribution in [3.05, 3.63) is 72.3 Å². The molecule has 3 aromatic rings. The lowest BCUT2D eigenvalue weighted by Crippen LogP contribution is -2.40. The molecule has 28 heavy (non-hydrogen) atoms. The van der Waals surface area contributed by atoms with Crippen molar-refractivity contribution >= 4 is 5.96 Å². The zero-order valence-corrected chi connectivity index (χ0v) is 16.6.